The van der Waals surface area contributed by atoms with E-state index in [9.17, 15) is 9.59 Å². The van der Waals surface area contributed by atoms with E-state index in [2.05, 4.69) is 5.32 Å². The van der Waals surface area contributed by atoms with Gasteiger partial charge in [-0.2, -0.15) is 0 Å². The van der Waals surface area contributed by atoms with Crippen LogP contribution in [0.2, 0.25) is 0 Å². The lowest BCUT2D eigenvalue weighted by atomic mass is 10.0. The summed E-state index contributed by atoms with van der Waals surface area (Å²) in [6.45, 7) is 2.20. The fraction of sp³-hybridized carbons (Fsp3) is 0.231. The van der Waals surface area contributed by atoms with Crippen LogP contribution >= 0.6 is 0 Å². The van der Waals surface area contributed by atoms with Crippen molar-refractivity contribution in [3.8, 4) is 5.75 Å². The molecule has 3 rings (SSSR count). The lowest BCUT2D eigenvalue weighted by Gasteiger charge is -2.31. The molecule has 0 aromatic heterocycles. The van der Waals surface area contributed by atoms with Crippen molar-refractivity contribution in [1.82, 2.24) is 10.2 Å². The Hall–Kier alpha value is -3.60. The molecule has 31 heavy (non-hydrogen) atoms. The lowest BCUT2D eigenvalue weighted by Crippen LogP contribution is -2.51. The Morgan fingerprint density at radius 2 is 1.48 bits per heavy atom. The Bertz CT molecular complexity index is 973. The highest BCUT2D eigenvalue weighted by atomic mass is 16.5. The molecular formula is C26H28N2O3. The molecule has 0 spiro atoms. The number of nitrogens with zero attached hydrogens (tertiary/aromatic N) is 1. The van der Waals surface area contributed by atoms with E-state index < -0.39 is 6.04 Å². The fourth-order valence-electron chi connectivity index (χ4n) is 3.36. The second-order valence-corrected chi connectivity index (χ2v) is 7.43. The van der Waals surface area contributed by atoms with Gasteiger partial charge < -0.3 is 15.0 Å². The number of carbonyl (C=O) groups is 2. The van der Waals surface area contributed by atoms with Crippen molar-refractivity contribution in [2.24, 2.45) is 0 Å². The number of likely N-dealkylation sites (N-methyl/N-ethyl adjacent to an activating group) is 1. The molecule has 0 heterocycles. The van der Waals surface area contributed by atoms with Crippen LogP contribution in [0.3, 0.4) is 0 Å². The van der Waals surface area contributed by atoms with Gasteiger partial charge in [0.1, 0.15) is 11.8 Å². The first kappa shape index (κ1) is 22.1. The van der Waals surface area contributed by atoms with Crippen LogP contribution in [0.25, 0.3) is 0 Å². The lowest BCUT2D eigenvalue weighted by molar-refractivity contribution is -0.142. The van der Waals surface area contributed by atoms with Crippen molar-refractivity contribution in [1.29, 1.82) is 0 Å². The minimum Gasteiger partial charge on any atom is -0.484 e. The number of rotatable bonds is 9. The molecule has 1 atom stereocenters. The van der Waals surface area contributed by atoms with Gasteiger partial charge in [-0.25, -0.2) is 0 Å². The summed E-state index contributed by atoms with van der Waals surface area (Å²) in [5.41, 5.74) is 3.09. The van der Waals surface area contributed by atoms with Crippen LogP contribution in [0.5, 0.6) is 5.75 Å². The van der Waals surface area contributed by atoms with Crippen LogP contribution in [0.15, 0.2) is 84.9 Å². The van der Waals surface area contributed by atoms with Crippen molar-refractivity contribution in [2.45, 2.75) is 25.9 Å². The highest BCUT2D eigenvalue weighted by Crippen LogP contribution is 2.16. The molecule has 0 radical (unpaired) electrons. The van der Waals surface area contributed by atoms with E-state index in [1.54, 1.807) is 24.1 Å². The first-order valence-electron chi connectivity index (χ1n) is 10.3. The Kier molecular flexibility index (Phi) is 7.82. The van der Waals surface area contributed by atoms with Crippen molar-refractivity contribution in [3.05, 3.63) is 102 Å². The van der Waals surface area contributed by atoms with E-state index in [1.807, 2.05) is 79.7 Å². The van der Waals surface area contributed by atoms with Crippen LogP contribution in [0, 0.1) is 6.92 Å². The monoisotopic (exact) mass is 416 g/mol. The quantitative estimate of drug-likeness (QED) is 0.578. The summed E-state index contributed by atoms with van der Waals surface area (Å²) in [6.07, 6.45) is 0.420. The molecule has 160 valence electrons. The van der Waals surface area contributed by atoms with Gasteiger partial charge in [0.25, 0.3) is 5.91 Å². The third kappa shape index (κ3) is 6.44. The molecule has 1 N–H and O–H groups in total. The average Bonchev–Trinajstić information content (AvgIpc) is 2.81. The Morgan fingerprint density at radius 3 is 2.10 bits per heavy atom. The predicted octanol–water partition coefficient (Wildman–Crippen LogP) is 3.76. The third-order valence-electron chi connectivity index (χ3n) is 5.10. The molecule has 0 saturated heterocycles. The van der Waals surface area contributed by atoms with Gasteiger partial charge in [-0.3, -0.25) is 9.59 Å². The largest absolute Gasteiger partial charge is 0.484 e. The number of hydrogen-bond acceptors (Lipinski definition) is 3. The number of aryl methyl sites for hydroxylation is 1. The van der Waals surface area contributed by atoms with E-state index in [0.29, 0.717) is 18.7 Å². The molecule has 0 fully saturated rings. The number of carbonyl (C=O) groups excluding carboxylic acids is 2. The molecule has 2 amide bonds. The van der Waals surface area contributed by atoms with Crippen LogP contribution in [-0.4, -0.2) is 36.4 Å². The zero-order chi connectivity index (χ0) is 22.1. The van der Waals surface area contributed by atoms with Crippen LogP contribution in [0.1, 0.15) is 16.7 Å². The van der Waals surface area contributed by atoms with Crippen LogP contribution in [-0.2, 0) is 22.6 Å². The topological polar surface area (TPSA) is 58.6 Å². The molecule has 0 aliphatic rings. The summed E-state index contributed by atoms with van der Waals surface area (Å²) in [4.78, 5) is 27.7. The van der Waals surface area contributed by atoms with Crippen molar-refractivity contribution in [2.75, 3.05) is 13.7 Å². The Balaban J connectivity index is 1.86. The molecule has 5 nitrogen and oxygen atoms in total. The first-order chi connectivity index (χ1) is 15.1. The summed E-state index contributed by atoms with van der Waals surface area (Å²) < 4.78 is 5.70. The number of para-hydroxylation sites is 1. The third-order valence-corrected chi connectivity index (χ3v) is 5.10. The number of ether oxygens (including phenoxy) is 1. The SMILES string of the molecule is CNC(=O)[C@H](Cc1ccccc1)N(Cc1ccc(C)cc1)C(=O)COc1ccccc1. The van der Waals surface area contributed by atoms with Gasteiger partial charge in [-0.15, -0.1) is 0 Å². The minimum absolute atomic E-state index is 0.141. The van der Waals surface area contributed by atoms with Crippen molar-refractivity contribution in [3.63, 3.8) is 0 Å². The molecule has 0 bridgehead atoms. The van der Waals surface area contributed by atoms with E-state index in [4.69, 9.17) is 4.74 Å². The summed E-state index contributed by atoms with van der Waals surface area (Å²) in [7, 11) is 1.59. The fourth-order valence-corrected chi connectivity index (χ4v) is 3.36. The zero-order valence-electron chi connectivity index (χ0n) is 18.0. The summed E-state index contributed by atoms with van der Waals surface area (Å²) >= 11 is 0. The first-order valence-corrected chi connectivity index (χ1v) is 10.3. The molecule has 0 aliphatic carbocycles. The normalized spacial score (nSPS) is 11.4. The number of benzene rings is 3. The summed E-state index contributed by atoms with van der Waals surface area (Å²) in [6, 6.07) is 26.2. The second-order valence-electron chi connectivity index (χ2n) is 7.43. The maximum atomic E-state index is 13.3. The zero-order valence-corrected chi connectivity index (χ0v) is 18.0. The van der Waals surface area contributed by atoms with Gasteiger partial charge in [-0.05, 0) is 30.2 Å². The predicted molar refractivity (Wildman–Crippen MR) is 122 cm³/mol. The molecular weight excluding hydrogens is 388 g/mol. The Labute approximate surface area is 183 Å². The maximum absolute atomic E-state index is 13.3. The van der Waals surface area contributed by atoms with Crippen molar-refractivity contribution >= 4 is 11.8 Å². The molecule has 5 heteroatoms. The number of amides is 2. The number of nitrogens with one attached hydrogen (secondary N) is 1. The van der Waals surface area contributed by atoms with E-state index >= 15 is 0 Å². The average molecular weight is 417 g/mol. The van der Waals surface area contributed by atoms with Gasteiger partial charge in [0.15, 0.2) is 6.61 Å². The second kappa shape index (κ2) is 11.0. The highest BCUT2D eigenvalue weighted by molar-refractivity contribution is 5.88. The maximum Gasteiger partial charge on any atom is 0.261 e. The number of hydrogen-bond donors (Lipinski definition) is 1. The molecule has 0 saturated carbocycles. The highest BCUT2D eigenvalue weighted by Gasteiger charge is 2.30. The molecule has 0 aliphatic heterocycles. The van der Waals surface area contributed by atoms with Crippen molar-refractivity contribution < 1.29 is 14.3 Å². The molecule has 3 aromatic rings. The Morgan fingerprint density at radius 1 is 0.871 bits per heavy atom. The van der Waals surface area contributed by atoms with Gasteiger partial charge in [-0.1, -0.05) is 78.4 Å². The van der Waals surface area contributed by atoms with Gasteiger partial charge >= 0.3 is 0 Å². The standard InChI is InChI=1S/C26H28N2O3/c1-20-13-15-22(16-14-20)18-28(25(29)19-31-23-11-7-4-8-12-23)24(26(30)27-2)17-21-9-5-3-6-10-21/h3-16,24H,17-19H2,1-2H3,(H,27,30)/t24-/m0/s1. The van der Waals surface area contributed by atoms with Gasteiger partial charge in [0.2, 0.25) is 5.91 Å². The van der Waals surface area contributed by atoms with E-state index in [-0.39, 0.29) is 18.4 Å². The summed E-state index contributed by atoms with van der Waals surface area (Å²) in [5.74, 6) is 0.170. The van der Waals surface area contributed by atoms with E-state index in [0.717, 1.165) is 16.7 Å². The van der Waals surface area contributed by atoms with Gasteiger partial charge in [0.05, 0.1) is 0 Å². The van der Waals surface area contributed by atoms with Crippen LogP contribution in [0.4, 0.5) is 0 Å². The molecule has 0 unspecified atom stereocenters. The smallest absolute Gasteiger partial charge is 0.261 e. The minimum atomic E-state index is -0.652. The van der Waals surface area contributed by atoms with Gasteiger partial charge in [0, 0.05) is 20.0 Å². The molecule has 3 aromatic carbocycles. The summed E-state index contributed by atoms with van der Waals surface area (Å²) in [5, 5.41) is 2.72. The van der Waals surface area contributed by atoms with E-state index in [1.165, 1.54) is 0 Å². The van der Waals surface area contributed by atoms with Crippen LogP contribution < -0.4 is 10.1 Å².